The Morgan fingerprint density at radius 1 is 1.32 bits per heavy atom. The van der Waals surface area contributed by atoms with E-state index >= 15 is 0 Å². The van der Waals surface area contributed by atoms with E-state index in [0.29, 0.717) is 6.04 Å². The van der Waals surface area contributed by atoms with Crippen LogP contribution in [-0.2, 0) is 12.8 Å². The number of nitrogens with one attached hydrogen (secondary N) is 2. The second-order valence-corrected chi connectivity index (χ2v) is 6.10. The van der Waals surface area contributed by atoms with Gasteiger partial charge >= 0.3 is 0 Å². The van der Waals surface area contributed by atoms with Gasteiger partial charge in [-0.2, -0.15) is 5.10 Å². The summed E-state index contributed by atoms with van der Waals surface area (Å²) in [5.74, 6) is 0. The topological polar surface area (TPSA) is 44.0 Å². The van der Waals surface area contributed by atoms with E-state index < -0.39 is 0 Å². The van der Waals surface area contributed by atoms with Crippen molar-refractivity contribution in [2.75, 3.05) is 19.6 Å². The molecule has 1 atom stereocenters. The van der Waals surface area contributed by atoms with Crippen LogP contribution in [0, 0.1) is 0 Å². The lowest BCUT2D eigenvalue weighted by molar-refractivity contribution is 0.188. The summed E-state index contributed by atoms with van der Waals surface area (Å²) in [5, 5.41) is 11.2. The van der Waals surface area contributed by atoms with Gasteiger partial charge in [0, 0.05) is 24.2 Å². The first-order valence-electron chi connectivity index (χ1n) is 7.84. The Bertz CT molecular complexity index is 393. The molecule has 1 aromatic heterocycles. The maximum atomic E-state index is 4.16. The van der Waals surface area contributed by atoms with Gasteiger partial charge in [-0.1, -0.05) is 6.92 Å². The number of hydrogen-bond donors (Lipinski definition) is 2. The Morgan fingerprint density at radius 2 is 2.16 bits per heavy atom. The minimum Gasteiger partial charge on any atom is -0.311 e. The van der Waals surface area contributed by atoms with Gasteiger partial charge in [0.2, 0.25) is 0 Å². The van der Waals surface area contributed by atoms with Crippen molar-refractivity contribution in [2.24, 2.45) is 0 Å². The number of nitrogens with zero attached hydrogens (tertiary/aromatic N) is 2. The SMILES string of the molecule is CCCN1CCC(NC2CCc3cn[nH]c3C2)CC1. The summed E-state index contributed by atoms with van der Waals surface area (Å²) >= 11 is 0. The lowest BCUT2D eigenvalue weighted by Gasteiger charge is -2.35. The van der Waals surface area contributed by atoms with E-state index in [4.69, 9.17) is 0 Å². The van der Waals surface area contributed by atoms with Crippen molar-refractivity contribution in [2.45, 2.75) is 57.5 Å². The molecule has 4 heteroatoms. The van der Waals surface area contributed by atoms with Crippen LogP contribution in [0.4, 0.5) is 0 Å². The number of likely N-dealkylation sites (tertiary alicyclic amines) is 1. The zero-order valence-corrected chi connectivity index (χ0v) is 12.0. The molecule has 4 nitrogen and oxygen atoms in total. The van der Waals surface area contributed by atoms with Crippen LogP contribution in [0.3, 0.4) is 0 Å². The number of H-pyrrole nitrogens is 1. The molecular formula is C15H26N4. The van der Waals surface area contributed by atoms with Gasteiger partial charge in [-0.25, -0.2) is 0 Å². The molecule has 0 spiro atoms. The highest BCUT2D eigenvalue weighted by atomic mass is 15.1. The van der Waals surface area contributed by atoms with Gasteiger partial charge in [0.25, 0.3) is 0 Å². The molecule has 1 saturated heterocycles. The first kappa shape index (κ1) is 13.1. The molecule has 106 valence electrons. The molecule has 1 aliphatic heterocycles. The van der Waals surface area contributed by atoms with Gasteiger partial charge in [-0.15, -0.1) is 0 Å². The van der Waals surface area contributed by atoms with E-state index in [0.717, 1.165) is 12.5 Å². The van der Waals surface area contributed by atoms with Crippen molar-refractivity contribution in [3.8, 4) is 0 Å². The first-order valence-corrected chi connectivity index (χ1v) is 7.84. The van der Waals surface area contributed by atoms with E-state index in [1.54, 1.807) is 0 Å². The average molecular weight is 262 g/mol. The monoisotopic (exact) mass is 262 g/mol. The predicted molar refractivity (Wildman–Crippen MR) is 77.3 cm³/mol. The minimum absolute atomic E-state index is 0.649. The molecule has 0 aromatic carbocycles. The summed E-state index contributed by atoms with van der Waals surface area (Å²) in [7, 11) is 0. The van der Waals surface area contributed by atoms with Crippen LogP contribution in [-0.4, -0.2) is 46.8 Å². The van der Waals surface area contributed by atoms with E-state index in [2.05, 4.69) is 27.3 Å². The Labute approximate surface area is 116 Å². The first-order chi connectivity index (χ1) is 9.35. The molecular weight excluding hydrogens is 236 g/mol. The zero-order valence-electron chi connectivity index (χ0n) is 12.0. The third kappa shape index (κ3) is 3.18. The fourth-order valence-electron chi connectivity index (χ4n) is 3.52. The molecule has 1 aliphatic carbocycles. The van der Waals surface area contributed by atoms with E-state index in [1.165, 1.54) is 63.0 Å². The molecule has 2 aliphatic rings. The molecule has 0 radical (unpaired) electrons. The summed E-state index contributed by atoms with van der Waals surface area (Å²) in [4.78, 5) is 2.60. The summed E-state index contributed by atoms with van der Waals surface area (Å²) in [5.41, 5.74) is 2.78. The molecule has 1 fully saturated rings. The highest BCUT2D eigenvalue weighted by Crippen LogP contribution is 2.20. The summed E-state index contributed by atoms with van der Waals surface area (Å²) < 4.78 is 0. The normalized spacial score (nSPS) is 25.4. The van der Waals surface area contributed by atoms with Gasteiger partial charge in [0.05, 0.1) is 6.20 Å². The van der Waals surface area contributed by atoms with Crippen LogP contribution < -0.4 is 5.32 Å². The number of hydrogen-bond acceptors (Lipinski definition) is 3. The average Bonchev–Trinajstić information content (AvgIpc) is 2.89. The summed E-state index contributed by atoms with van der Waals surface area (Å²) in [6.07, 6.45) is 9.47. The quantitative estimate of drug-likeness (QED) is 0.868. The fourth-order valence-corrected chi connectivity index (χ4v) is 3.52. The van der Waals surface area contributed by atoms with Crippen molar-refractivity contribution >= 4 is 0 Å². The second-order valence-electron chi connectivity index (χ2n) is 6.10. The maximum absolute atomic E-state index is 4.16. The van der Waals surface area contributed by atoms with Crippen molar-refractivity contribution in [3.63, 3.8) is 0 Å². The number of fused-ring (bicyclic) bond motifs is 1. The van der Waals surface area contributed by atoms with Crippen LogP contribution in [0.25, 0.3) is 0 Å². The summed E-state index contributed by atoms with van der Waals surface area (Å²) in [6, 6.07) is 1.37. The van der Waals surface area contributed by atoms with Gasteiger partial charge in [-0.05, 0) is 57.3 Å². The third-order valence-corrected chi connectivity index (χ3v) is 4.62. The standard InChI is InChI=1S/C15H26N4/c1-2-7-19-8-5-13(6-9-19)17-14-4-3-12-11-16-18-15(12)10-14/h11,13-14,17H,2-10H2,1H3,(H,16,18). The van der Waals surface area contributed by atoms with Crippen LogP contribution in [0.5, 0.6) is 0 Å². The van der Waals surface area contributed by atoms with E-state index in [9.17, 15) is 0 Å². The lowest BCUT2D eigenvalue weighted by atomic mass is 9.92. The van der Waals surface area contributed by atoms with Gasteiger partial charge in [-0.3, -0.25) is 5.10 Å². The van der Waals surface area contributed by atoms with E-state index in [1.807, 2.05) is 6.20 Å². The van der Waals surface area contributed by atoms with Crippen molar-refractivity contribution in [1.82, 2.24) is 20.4 Å². The highest BCUT2D eigenvalue weighted by molar-refractivity contribution is 5.21. The molecule has 1 unspecified atom stereocenters. The molecule has 3 rings (SSSR count). The molecule has 0 amide bonds. The van der Waals surface area contributed by atoms with Crippen LogP contribution in [0.1, 0.15) is 43.9 Å². The Kier molecular flexibility index (Phi) is 4.18. The number of piperidine rings is 1. The van der Waals surface area contributed by atoms with Crippen LogP contribution in [0.2, 0.25) is 0 Å². The maximum Gasteiger partial charge on any atom is 0.0522 e. The molecule has 0 saturated carbocycles. The molecule has 2 heterocycles. The van der Waals surface area contributed by atoms with Crippen molar-refractivity contribution < 1.29 is 0 Å². The largest absolute Gasteiger partial charge is 0.311 e. The lowest BCUT2D eigenvalue weighted by Crippen LogP contribution is -2.47. The van der Waals surface area contributed by atoms with E-state index in [-0.39, 0.29) is 0 Å². The van der Waals surface area contributed by atoms with Crippen molar-refractivity contribution in [3.05, 3.63) is 17.5 Å². The van der Waals surface area contributed by atoms with Gasteiger partial charge in [0.1, 0.15) is 0 Å². The Balaban J connectivity index is 1.46. The molecule has 2 N–H and O–H groups in total. The molecule has 0 bridgehead atoms. The smallest absolute Gasteiger partial charge is 0.0522 e. The van der Waals surface area contributed by atoms with Gasteiger partial charge in [0.15, 0.2) is 0 Å². The predicted octanol–water partition coefficient (Wildman–Crippen LogP) is 1.73. The second kappa shape index (κ2) is 6.06. The highest BCUT2D eigenvalue weighted by Gasteiger charge is 2.24. The number of rotatable bonds is 4. The Morgan fingerprint density at radius 3 is 2.95 bits per heavy atom. The fraction of sp³-hybridized carbons (Fsp3) is 0.800. The zero-order chi connectivity index (χ0) is 13.1. The number of aromatic amines is 1. The summed E-state index contributed by atoms with van der Waals surface area (Å²) in [6.45, 7) is 6.09. The van der Waals surface area contributed by atoms with Crippen molar-refractivity contribution in [1.29, 1.82) is 0 Å². The third-order valence-electron chi connectivity index (χ3n) is 4.62. The number of aromatic nitrogens is 2. The van der Waals surface area contributed by atoms with Crippen LogP contribution in [0.15, 0.2) is 6.20 Å². The van der Waals surface area contributed by atoms with Crippen LogP contribution >= 0.6 is 0 Å². The number of aryl methyl sites for hydroxylation is 1. The molecule has 1 aromatic rings. The Hall–Kier alpha value is -0.870. The van der Waals surface area contributed by atoms with Gasteiger partial charge < -0.3 is 10.2 Å². The molecule has 19 heavy (non-hydrogen) atoms. The minimum atomic E-state index is 0.649.